The summed E-state index contributed by atoms with van der Waals surface area (Å²) < 4.78 is 7.47. The average molecular weight is 543 g/mol. The molecular weight excluding hydrogens is 508 g/mol. The Hall–Kier alpha value is -4.35. The minimum atomic E-state index is -0.244. The van der Waals surface area contributed by atoms with E-state index in [1.54, 1.807) is 24.3 Å². The van der Waals surface area contributed by atoms with Crippen molar-refractivity contribution in [2.45, 2.75) is 32.4 Å². The van der Waals surface area contributed by atoms with Gasteiger partial charge in [0.2, 0.25) is 0 Å². The van der Waals surface area contributed by atoms with Crippen molar-refractivity contribution in [2.24, 2.45) is 7.05 Å². The molecule has 1 aliphatic rings. The van der Waals surface area contributed by atoms with E-state index in [1.807, 2.05) is 68.5 Å². The Balaban J connectivity index is 1.45. The van der Waals surface area contributed by atoms with Gasteiger partial charge in [-0.1, -0.05) is 19.1 Å². The fraction of sp³-hybridized carbons (Fsp3) is 0.345. The van der Waals surface area contributed by atoms with Crippen LogP contribution in [0.2, 0.25) is 0 Å². The Labute approximate surface area is 233 Å². The number of aliphatic hydroxyl groups is 1. The average Bonchev–Trinajstić information content (AvgIpc) is 3.40. The Morgan fingerprint density at radius 3 is 2.55 bits per heavy atom. The van der Waals surface area contributed by atoms with Gasteiger partial charge in [-0.05, 0) is 30.7 Å². The molecule has 1 atom stereocenters. The fourth-order valence-electron chi connectivity index (χ4n) is 4.84. The molecule has 2 N–H and O–H groups in total. The second-order valence-electron chi connectivity index (χ2n) is 9.91. The largest absolute Gasteiger partial charge is 0.494 e. The molecule has 0 amide bonds. The number of aliphatic hydroxyl groups excluding tert-OH is 1. The fourth-order valence-corrected chi connectivity index (χ4v) is 4.84. The van der Waals surface area contributed by atoms with E-state index in [9.17, 15) is 9.90 Å². The third-order valence-corrected chi connectivity index (χ3v) is 7.23. The SMILES string of the molecule is CCC(=O)c1cnc(Nc2ccc([C@@H](C)N3CC(O)C3)cn2)cc1N(C)c1cccc(-c2ncn(C)n2)c1OC. The predicted molar refractivity (Wildman–Crippen MR) is 153 cm³/mol. The maximum absolute atomic E-state index is 12.9. The number of aryl methyl sites for hydroxylation is 1. The Morgan fingerprint density at radius 1 is 1.15 bits per heavy atom. The Morgan fingerprint density at radius 2 is 1.93 bits per heavy atom. The number of benzene rings is 1. The van der Waals surface area contributed by atoms with Crippen molar-refractivity contribution in [2.75, 3.05) is 37.5 Å². The van der Waals surface area contributed by atoms with Crippen LogP contribution in [0.3, 0.4) is 0 Å². The molecule has 208 valence electrons. The molecule has 4 heterocycles. The summed E-state index contributed by atoms with van der Waals surface area (Å²) >= 11 is 0. The van der Waals surface area contributed by atoms with Crippen LogP contribution >= 0.6 is 0 Å². The van der Waals surface area contributed by atoms with Crippen molar-refractivity contribution in [3.8, 4) is 17.1 Å². The molecule has 5 rings (SSSR count). The maximum atomic E-state index is 12.9. The number of methoxy groups -OCH3 is 1. The molecule has 11 heteroatoms. The molecule has 0 saturated carbocycles. The smallest absolute Gasteiger partial charge is 0.184 e. The molecule has 0 bridgehead atoms. The predicted octanol–water partition coefficient (Wildman–Crippen LogP) is 4.12. The number of rotatable bonds is 10. The van der Waals surface area contributed by atoms with Gasteiger partial charge < -0.3 is 20.1 Å². The number of carbonyl (C=O) groups is 1. The summed E-state index contributed by atoms with van der Waals surface area (Å²) in [6.45, 7) is 5.29. The van der Waals surface area contributed by atoms with Gasteiger partial charge in [0.25, 0.3) is 0 Å². The van der Waals surface area contributed by atoms with Crippen LogP contribution in [-0.2, 0) is 7.05 Å². The van der Waals surface area contributed by atoms with Crippen molar-refractivity contribution < 1.29 is 14.6 Å². The van der Waals surface area contributed by atoms with Gasteiger partial charge in [0.15, 0.2) is 17.4 Å². The van der Waals surface area contributed by atoms with Crippen LogP contribution in [0.15, 0.2) is 55.1 Å². The van der Waals surface area contributed by atoms with E-state index in [4.69, 9.17) is 4.74 Å². The van der Waals surface area contributed by atoms with Gasteiger partial charge in [-0.3, -0.25) is 14.4 Å². The molecule has 4 aromatic rings. The zero-order valence-electron chi connectivity index (χ0n) is 23.4. The molecule has 3 aromatic heterocycles. The number of Topliss-reactive ketones (excluding diaryl/α,β-unsaturated/α-hetero) is 1. The molecule has 0 unspecified atom stereocenters. The molecule has 1 saturated heterocycles. The van der Waals surface area contributed by atoms with Gasteiger partial charge in [-0.2, -0.15) is 5.10 Å². The lowest BCUT2D eigenvalue weighted by molar-refractivity contribution is -0.0212. The van der Waals surface area contributed by atoms with Crippen molar-refractivity contribution in [1.29, 1.82) is 0 Å². The van der Waals surface area contributed by atoms with Gasteiger partial charge in [0.05, 0.1) is 35.7 Å². The van der Waals surface area contributed by atoms with Crippen LogP contribution in [0.4, 0.5) is 23.0 Å². The van der Waals surface area contributed by atoms with Crippen LogP contribution in [0, 0.1) is 0 Å². The quantitative estimate of drug-likeness (QED) is 0.283. The van der Waals surface area contributed by atoms with E-state index < -0.39 is 0 Å². The number of hydrogen-bond acceptors (Lipinski definition) is 10. The van der Waals surface area contributed by atoms with E-state index in [0.717, 1.165) is 16.8 Å². The maximum Gasteiger partial charge on any atom is 0.184 e. The topological polar surface area (TPSA) is 122 Å². The summed E-state index contributed by atoms with van der Waals surface area (Å²) in [7, 11) is 5.31. The highest BCUT2D eigenvalue weighted by Crippen LogP contribution is 2.41. The standard InChI is InChI=1S/C29H34N8O3/c1-6-25(39)22-14-31-27(33-26-11-10-19(13-30-26)18(2)37-15-20(38)16-37)12-24(22)36(4)23-9-7-8-21(28(23)40-5)29-32-17-35(3)34-29/h7-14,17-18,20,38H,6,15-16H2,1-5H3,(H,30,31,33)/t18-/m1/s1. The zero-order valence-corrected chi connectivity index (χ0v) is 23.4. The number of β-amino-alcohol motifs (C(OH)–C–C–N with tert-alkyl or cyclic N) is 1. The first-order valence-electron chi connectivity index (χ1n) is 13.2. The normalized spacial score (nSPS) is 14.4. The first-order chi connectivity index (χ1) is 19.3. The summed E-state index contributed by atoms with van der Waals surface area (Å²) in [5.41, 5.74) is 3.75. The molecular formula is C29H34N8O3. The summed E-state index contributed by atoms with van der Waals surface area (Å²) in [4.78, 5) is 30.5. The van der Waals surface area contributed by atoms with E-state index in [-0.39, 0.29) is 17.9 Å². The monoisotopic (exact) mass is 542 g/mol. The van der Waals surface area contributed by atoms with E-state index in [0.29, 0.717) is 54.0 Å². The molecule has 0 radical (unpaired) electrons. The summed E-state index contributed by atoms with van der Waals surface area (Å²) in [5, 5.41) is 17.3. The molecule has 1 aromatic carbocycles. The number of hydrogen-bond donors (Lipinski definition) is 2. The minimum absolute atomic E-state index is 0.0185. The number of para-hydroxylation sites is 1. The molecule has 1 aliphatic heterocycles. The van der Waals surface area contributed by atoms with Crippen molar-refractivity contribution in [1.82, 2.24) is 29.6 Å². The summed E-state index contributed by atoms with van der Waals surface area (Å²) in [6, 6.07) is 11.7. The number of carbonyl (C=O) groups excluding carboxylic acids is 1. The van der Waals surface area contributed by atoms with E-state index in [2.05, 4.69) is 37.2 Å². The second-order valence-corrected chi connectivity index (χ2v) is 9.91. The van der Waals surface area contributed by atoms with Crippen LogP contribution in [0.1, 0.15) is 42.2 Å². The van der Waals surface area contributed by atoms with Gasteiger partial charge in [-0.25, -0.2) is 15.0 Å². The first kappa shape index (κ1) is 27.2. The Bertz CT molecular complexity index is 1500. The van der Waals surface area contributed by atoms with Gasteiger partial charge >= 0.3 is 0 Å². The first-order valence-corrected chi connectivity index (χ1v) is 13.2. The lowest BCUT2D eigenvalue weighted by Gasteiger charge is -2.40. The van der Waals surface area contributed by atoms with Gasteiger partial charge in [-0.15, -0.1) is 0 Å². The minimum Gasteiger partial charge on any atom is -0.494 e. The number of nitrogens with one attached hydrogen (secondary N) is 1. The highest BCUT2D eigenvalue weighted by atomic mass is 16.5. The van der Waals surface area contributed by atoms with Crippen molar-refractivity contribution in [3.63, 3.8) is 0 Å². The molecule has 0 spiro atoms. The number of ketones is 1. The number of likely N-dealkylation sites (tertiary alicyclic amines) is 1. The van der Waals surface area contributed by atoms with Crippen LogP contribution in [0.25, 0.3) is 11.4 Å². The second kappa shape index (κ2) is 11.4. The van der Waals surface area contributed by atoms with Crippen molar-refractivity contribution >= 4 is 28.8 Å². The van der Waals surface area contributed by atoms with Crippen LogP contribution < -0.4 is 15.0 Å². The van der Waals surface area contributed by atoms with E-state index >= 15 is 0 Å². The third kappa shape index (κ3) is 5.38. The number of nitrogens with zero attached hydrogens (tertiary/aromatic N) is 7. The number of anilines is 4. The van der Waals surface area contributed by atoms with Crippen LogP contribution in [-0.4, -0.2) is 73.9 Å². The van der Waals surface area contributed by atoms with Gasteiger partial charge in [0, 0.05) is 58.1 Å². The third-order valence-electron chi connectivity index (χ3n) is 7.23. The molecule has 11 nitrogen and oxygen atoms in total. The molecule has 40 heavy (non-hydrogen) atoms. The molecule has 0 aliphatic carbocycles. The lowest BCUT2D eigenvalue weighted by atomic mass is 10.0. The Kier molecular flexibility index (Phi) is 7.76. The summed E-state index contributed by atoms with van der Waals surface area (Å²) in [5.74, 6) is 2.31. The highest BCUT2D eigenvalue weighted by Gasteiger charge is 2.29. The van der Waals surface area contributed by atoms with Crippen molar-refractivity contribution in [3.05, 3.63) is 66.2 Å². The zero-order chi connectivity index (χ0) is 28.4. The van der Waals surface area contributed by atoms with E-state index in [1.165, 1.54) is 0 Å². The highest BCUT2D eigenvalue weighted by molar-refractivity contribution is 6.02. The van der Waals surface area contributed by atoms with Gasteiger partial charge in [0.1, 0.15) is 18.0 Å². The lowest BCUT2D eigenvalue weighted by Crippen LogP contribution is -2.51. The number of pyridine rings is 2. The summed E-state index contributed by atoms with van der Waals surface area (Å²) in [6.07, 6.45) is 5.18. The number of ether oxygens (including phenoxy) is 1. The molecule has 1 fully saturated rings. The number of aromatic nitrogens is 5. The van der Waals surface area contributed by atoms with Crippen LogP contribution in [0.5, 0.6) is 5.75 Å².